The van der Waals surface area contributed by atoms with Crippen LogP contribution in [0.3, 0.4) is 0 Å². The van der Waals surface area contributed by atoms with Crippen LogP contribution in [0.5, 0.6) is 0 Å². The van der Waals surface area contributed by atoms with E-state index in [9.17, 15) is 5.11 Å². The Balaban J connectivity index is 2.03. The van der Waals surface area contributed by atoms with E-state index in [4.69, 9.17) is 15.6 Å². The van der Waals surface area contributed by atoms with Gasteiger partial charge in [0.2, 0.25) is 0 Å². The molecule has 1 aliphatic heterocycles. The van der Waals surface area contributed by atoms with Crippen LogP contribution in [0.25, 0.3) is 0 Å². The summed E-state index contributed by atoms with van der Waals surface area (Å²) in [6, 6.07) is 20.7. The molecular formula is C23H29BO3Si. The number of hydrogen-bond donors (Lipinski definition) is 1. The minimum absolute atomic E-state index is 0.107. The van der Waals surface area contributed by atoms with Gasteiger partial charge in [-0.1, -0.05) is 87.4 Å². The van der Waals surface area contributed by atoms with Gasteiger partial charge in [0.25, 0.3) is 8.32 Å². The van der Waals surface area contributed by atoms with Crippen LogP contribution in [-0.4, -0.2) is 46.1 Å². The van der Waals surface area contributed by atoms with Crippen LogP contribution in [0, 0.1) is 18.3 Å². The van der Waals surface area contributed by atoms with Crippen LogP contribution in [0.15, 0.2) is 60.7 Å². The molecule has 0 aliphatic carbocycles. The number of aliphatic hydroxyl groups is 1. The Kier molecular flexibility index (Phi) is 6.16. The van der Waals surface area contributed by atoms with Crippen molar-refractivity contribution in [2.24, 2.45) is 5.92 Å². The molecule has 1 N–H and O–H groups in total. The van der Waals surface area contributed by atoms with E-state index in [1.807, 2.05) is 20.0 Å². The Bertz CT molecular complexity index is 774. The van der Waals surface area contributed by atoms with Gasteiger partial charge in [0.05, 0.1) is 30.7 Å². The number of aliphatic hydroxyl groups excluding tert-OH is 1. The molecule has 1 saturated heterocycles. The molecule has 1 heterocycles. The maximum Gasteiger partial charge on any atom is 0.261 e. The Morgan fingerprint density at radius 3 is 2.00 bits per heavy atom. The Hall–Kier alpha value is -1.84. The summed E-state index contributed by atoms with van der Waals surface area (Å²) < 4.78 is 12.8. The van der Waals surface area contributed by atoms with E-state index in [-0.39, 0.29) is 23.1 Å². The molecule has 4 atom stereocenters. The predicted octanol–water partition coefficient (Wildman–Crippen LogP) is 1.53. The second-order valence-corrected chi connectivity index (χ2v) is 12.8. The molecule has 1 aliphatic rings. The van der Waals surface area contributed by atoms with Crippen molar-refractivity contribution in [3.8, 4) is 12.3 Å². The van der Waals surface area contributed by atoms with Crippen molar-refractivity contribution in [2.75, 3.05) is 6.61 Å². The SMILES string of the molecule is B[C@@H]1O[C@H](CO[Si](c2ccccc2)(c2ccccc2)C(C)(C)C)[C@@H](C#C)[C@H]1O. The lowest BCUT2D eigenvalue weighted by atomic mass is 9.88. The Labute approximate surface area is 170 Å². The molecule has 0 spiro atoms. The summed E-state index contributed by atoms with van der Waals surface area (Å²) in [5, 5.41) is 12.7. The molecule has 5 heteroatoms. The van der Waals surface area contributed by atoms with Gasteiger partial charge in [0.1, 0.15) is 7.85 Å². The summed E-state index contributed by atoms with van der Waals surface area (Å²) in [6.07, 6.45) is 4.73. The molecule has 3 rings (SSSR count). The smallest absolute Gasteiger partial charge is 0.261 e. The van der Waals surface area contributed by atoms with Crippen molar-refractivity contribution in [1.29, 1.82) is 0 Å². The zero-order valence-corrected chi connectivity index (χ0v) is 18.1. The van der Waals surface area contributed by atoms with E-state index >= 15 is 0 Å². The summed E-state index contributed by atoms with van der Waals surface area (Å²) >= 11 is 0. The number of ether oxygens (including phenoxy) is 1. The van der Waals surface area contributed by atoms with Gasteiger partial charge in [-0.25, -0.2) is 0 Å². The third kappa shape index (κ3) is 3.70. The van der Waals surface area contributed by atoms with Crippen molar-refractivity contribution < 1.29 is 14.3 Å². The summed E-state index contributed by atoms with van der Waals surface area (Å²) in [4.78, 5) is 0. The monoisotopic (exact) mass is 392 g/mol. The average Bonchev–Trinajstić information content (AvgIpc) is 2.96. The van der Waals surface area contributed by atoms with Crippen LogP contribution < -0.4 is 10.4 Å². The highest BCUT2D eigenvalue weighted by Crippen LogP contribution is 2.37. The third-order valence-corrected chi connectivity index (χ3v) is 10.7. The van der Waals surface area contributed by atoms with Crippen LogP contribution in [0.4, 0.5) is 0 Å². The predicted molar refractivity (Wildman–Crippen MR) is 119 cm³/mol. The van der Waals surface area contributed by atoms with Gasteiger partial charge in [-0.3, -0.25) is 0 Å². The lowest BCUT2D eigenvalue weighted by Crippen LogP contribution is -2.67. The van der Waals surface area contributed by atoms with E-state index in [0.29, 0.717) is 6.61 Å². The first kappa shape index (κ1) is 20.9. The Morgan fingerprint density at radius 2 is 1.57 bits per heavy atom. The highest BCUT2D eigenvalue weighted by Gasteiger charge is 2.51. The van der Waals surface area contributed by atoms with E-state index in [2.05, 4.69) is 75.2 Å². The first-order valence-corrected chi connectivity index (χ1v) is 11.8. The zero-order valence-electron chi connectivity index (χ0n) is 17.1. The minimum Gasteiger partial charge on any atom is -0.405 e. The second kappa shape index (κ2) is 8.26. The lowest BCUT2D eigenvalue weighted by Gasteiger charge is -2.43. The average molecular weight is 392 g/mol. The molecule has 2 aromatic carbocycles. The van der Waals surface area contributed by atoms with Crippen LogP contribution in [0.2, 0.25) is 5.04 Å². The molecule has 0 unspecified atom stereocenters. The largest absolute Gasteiger partial charge is 0.405 e. The molecule has 0 amide bonds. The van der Waals surface area contributed by atoms with Crippen LogP contribution >= 0.6 is 0 Å². The lowest BCUT2D eigenvalue weighted by molar-refractivity contribution is 0.0317. The summed E-state index contributed by atoms with van der Waals surface area (Å²) in [5.74, 6) is 2.36. The van der Waals surface area contributed by atoms with Gasteiger partial charge < -0.3 is 14.3 Å². The fraction of sp³-hybridized carbons (Fsp3) is 0.391. The first-order chi connectivity index (χ1) is 13.3. The number of rotatable bonds is 5. The molecule has 146 valence electrons. The molecule has 3 nitrogen and oxygen atoms in total. The second-order valence-electron chi connectivity index (χ2n) is 8.54. The molecule has 2 aromatic rings. The molecule has 0 saturated carbocycles. The van der Waals surface area contributed by atoms with E-state index < -0.39 is 14.4 Å². The normalized spacial score (nSPS) is 25.4. The molecule has 1 fully saturated rings. The molecule has 0 radical (unpaired) electrons. The van der Waals surface area contributed by atoms with E-state index in [0.717, 1.165) is 0 Å². The topological polar surface area (TPSA) is 38.7 Å². The Morgan fingerprint density at radius 1 is 1.07 bits per heavy atom. The number of terminal acetylenes is 1. The van der Waals surface area contributed by atoms with Crippen LogP contribution in [0.1, 0.15) is 20.8 Å². The van der Waals surface area contributed by atoms with Crippen LogP contribution in [-0.2, 0) is 9.16 Å². The van der Waals surface area contributed by atoms with E-state index in [1.54, 1.807) is 0 Å². The van der Waals surface area contributed by atoms with Crippen molar-refractivity contribution in [1.82, 2.24) is 0 Å². The standard InChI is InChI=1S/C23H29BO3Si/c1-5-19-20(27-22(24)21(19)25)16-26-28(23(2,3)4,17-12-8-6-9-13-17)18-14-10-7-11-15-18/h1,6-15,19-22,25H,16,24H2,2-4H3/t19-,20-,21-,22-/m1/s1. The summed E-state index contributed by atoms with van der Waals surface area (Å²) in [7, 11) is -0.774. The highest BCUT2D eigenvalue weighted by molar-refractivity contribution is 6.99. The first-order valence-electron chi connectivity index (χ1n) is 9.86. The fourth-order valence-corrected chi connectivity index (χ4v) is 8.84. The van der Waals surface area contributed by atoms with Crippen molar-refractivity contribution in [3.05, 3.63) is 60.7 Å². The number of hydrogen-bond acceptors (Lipinski definition) is 3. The number of benzene rings is 2. The molecular weight excluding hydrogens is 363 g/mol. The zero-order chi connectivity index (χ0) is 20.4. The van der Waals surface area contributed by atoms with Gasteiger partial charge >= 0.3 is 0 Å². The highest BCUT2D eigenvalue weighted by atomic mass is 28.4. The maximum absolute atomic E-state index is 10.3. The third-order valence-electron chi connectivity index (χ3n) is 5.71. The fourth-order valence-electron chi connectivity index (χ4n) is 4.27. The quantitative estimate of drug-likeness (QED) is 0.620. The van der Waals surface area contributed by atoms with Crippen molar-refractivity contribution in [3.63, 3.8) is 0 Å². The summed E-state index contributed by atoms with van der Waals surface area (Å²) in [5.41, 5.74) is 0. The van der Waals surface area contributed by atoms with Crippen molar-refractivity contribution in [2.45, 2.75) is 44.0 Å². The van der Waals surface area contributed by atoms with E-state index in [1.165, 1.54) is 10.4 Å². The van der Waals surface area contributed by atoms with Gasteiger partial charge in [0.15, 0.2) is 0 Å². The minimum atomic E-state index is -2.63. The maximum atomic E-state index is 10.3. The van der Waals surface area contributed by atoms with Gasteiger partial charge in [-0.2, -0.15) is 0 Å². The molecule has 28 heavy (non-hydrogen) atoms. The van der Waals surface area contributed by atoms with Gasteiger partial charge in [-0.15, -0.1) is 6.42 Å². The van der Waals surface area contributed by atoms with Gasteiger partial charge in [0, 0.05) is 0 Å². The molecule has 0 aromatic heterocycles. The van der Waals surface area contributed by atoms with Crippen molar-refractivity contribution >= 4 is 26.5 Å². The summed E-state index contributed by atoms with van der Waals surface area (Å²) in [6.45, 7) is 7.09. The van der Waals surface area contributed by atoms with Gasteiger partial charge in [-0.05, 0) is 15.4 Å². The molecule has 0 bridgehead atoms.